The van der Waals surface area contributed by atoms with E-state index in [9.17, 15) is 4.39 Å². The molecule has 4 aromatic rings. The maximum atomic E-state index is 13.2. The van der Waals surface area contributed by atoms with Crippen molar-refractivity contribution in [3.8, 4) is 11.6 Å². The summed E-state index contributed by atoms with van der Waals surface area (Å²) in [6.45, 7) is 7.67. The fourth-order valence-electron chi connectivity index (χ4n) is 3.15. The summed E-state index contributed by atoms with van der Waals surface area (Å²) < 4.78 is 18.5. The molecule has 0 saturated heterocycles. The molecule has 0 atom stereocenters. The van der Waals surface area contributed by atoms with Crippen LogP contribution in [-0.2, 0) is 0 Å². The zero-order valence-electron chi connectivity index (χ0n) is 16.4. The van der Waals surface area contributed by atoms with Gasteiger partial charge in [-0.1, -0.05) is 0 Å². The minimum atomic E-state index is -0.289. The molecule has 0 bridgehead atoms. The largest absolute Gasteiger partial charge is 0.271 e. The molecule has 29 heavy (non-hydrogen) atoms. The van der Waals surface area contributed by atoms with Gasteiger partial charge in [0.25, 0.3) is 5.95 Å². The Morgan fingerprint density at radius 2 is 1.79 bits per heavy atom. The maximum absolute atomic E-state index is 13.2. The van der Waals surface area contributed by atoms with E-state index in [1.54, 1.807) is 27.7 Å². The molecule has 0 fully saturated rings. The molecule has 3 aromatic heterocycles. The highest BCUT2D eigenvalue weighted by molar-refractivity contribution is 7.71. The van der Waals surface area contributed by atoms with Gasteiger partial charge in [0, 0.05) is 11.3 Å². The summed E-state index contributed by atoms with van der Waals surface area (Å²) in [5.41, 5.74) is 5.08. The third-order valence-corrected chi connectivity index (χ3v) is 4.82. The first kappa shape index (κ1) is 18.9. The Morgan fingerprint density at radius 1 is 1.07 bits per heavy atom. The minimum absolute atomic E-state index is 0.289. The van der Waals surface area contributed by atoms with E-state index in [0.717, 1.165) is 34.0 Å². The van der Waals surface area contributed by atoms with Gasteiger partial charge >= 0.3 is 0 Å². The number of nitrogens with zero attached hydrogens (tertiary/aromatic N) is 7. The molecule has 4 rings (SSSR count). The molecule has 0 aliphatic rings. The van der Waals surface area contributed by atoms with E-state index in [0.29, 0.717) is 10.7 Å². The Kier molecular flexibility index (Phi) is 4.71. The quantitative estimate of drug-likeness (QED) is 0.412. The van der Waals surface area contributed by atoms with Crippen LogP contribution in [0.3, 0.4) is 0 Å². The molecule has 8 nitrogen and oxygen atoms in total. The molecule has 0 unspecified atom stereocenters. The average molecular weight is 410 g/mol. The second kappa shape index (κ2) is 7.21. The molecule has 0 aliphatic carbocycles. The normalized spacial score (nSPS) is 11.6. The summed E-state index contributed by atoms with van der Waals surface area (Å²) in [6, 6.07) is 8.13. The third kappa shape index (κ3) is 3.42. The third-order valence-electron chi connectivity index (χ3n) is 4.55. The van der Waals surface area contributed by atoms with Crippen molar-refractivity contribution in [2.24, 2.45) is 5.10 Å². The number of hydrogen-bond acceptors (Lipinski definition) is 5. The van der Waals surface area contributed by atoms with E-state index in [1.807, 2.05) is 33.8 Å². The van der Waals surface area contributed by atoms with Crippen LogP contribution in [-0.4, -0.2) is 40.6 Å². The van der Waals surface area contributed by atoms with Crippen LogP contribution in [0.5, 0.6) is 0 Å². The highest BCUT2D eigenvalue weighted by atomic mass is 32.1. The number of H-pyrrole nitrogens is 1. The highest BCUT2D eigenvalue weighted by Gasteiger charge is 2.14. The Morgan fingerprint density at radius 3 is 2.45 bits per heavy atom. The van der Waals surface area contributed by atoms with Crippen molar-refractivity contribution in [3.63, 3.8) is 0 Å². The second-order valence-corrected chi connectivity index (χ2v) is 7.08. The van der Waals surface area contributed by atoms with Crippen molar-refractivity contribution < 1.29 is 4.39 Å². The van der Waals surface area contributed by atoms with Gasteiger partial charge in [-0.2, -0.15) is 20.0 Å². The molecule has 0 radical (unpaired) electrons. The van der Waals surface area contributed by atoms with Crippen LogP contribution >= 0.6 is 12.2 Å². The molecule has 3 heterocycles. The molecule has 0 saturated carbocycles. The molecule has 10 heteroatoms. The lowest BCUT2D eigenvalue weighted by Crippen LogP contribution is -2.07. The molecule has 148 valence electrons. The van der Waals surface area contributed by atoms with Crippen LogP contribution in [0.2, 0.25) is 0 Å². The predicted octanol–water partition coefficient (Wildman–Crippen LogP) is 3.57. The van der Waals surface area contributed by atoms with Gasteiger partial charge in [0.15, 0.2) is 0 Å². The Bertz CT molecular complexity index is 1270. The molecule has 0 amide bonds. The predicted molar refractivity (Wildman–Crippen MR) is 110 cm³/mol. The summed E-state index contributed by atoms with van der Waals surface area (Å²) in [5, 5.41) is 20.5. The molecule has 1 N–H and O–H groups in total. The fourth-order valence-corrected chi connectivity index (χ4v) is 3.32. The zero-order valence-corrected chi connectivity index (χ0v) is 17.2. The number of aromatic nitrogens is 7. The van der Waals surface area contributed by atoms with Crippen LogP contribution in [0, 0.1) is 38.3 Å². The smallest absolute Gasteiger partial charge is 0.248 e. The number of hydrogen-bond donors (Lipinski definition) is 1. The average Bonchev–Trinajstić information content (AvgIpc) is 3.30. The van der Waals surface area contributed by atoms with Gasteiger partial charge in [-0.05, 0) is 70.2 Å². The number of aromatic amines is 1. The van der Waals surface area contributed by atoms with Crippen molar-refractivity contribution in [2.75, 3.05) is 0 Å². The van der Waals surface area contributed by atoms with Gasteiger partial charge in [-0.15, -0.1) is 5.10 Å². The van der Waals surface area contributed by atoms with Gasteiger partial charge in [0.05, 0.1) is 29.0 Å². The van der Waals surface area contributed by atoms with Crippen molar-refractivity contribution in [2.45, 2.75) is 27.7 Å². The number of aryl methyl sites for hydroxylation is 3. The van der Waals surface area contributed by atoms with Crippen LogP contribution in [0.15, 0.2) is 35.4 Å². The van der Waals surface area contributed by atoms with Crippen LogP contribution in [0.4, 0.5) is 4.39 Å². The fraction of sp³-hybridized carbons (Fsp3) is 0.211. The first-order valence-electron chi connectivity index (χ1n) is 8.92. The summed E-state index contributed by atoms with van der Waals surface area (Å²) in [5.74, 6) is 0.182. The summed E-state index contributed by atoms with van der Waals surface area (Å²) in [6.07, 6.45) is 1.69. The van der Waals surface area contributed by atoms with Gasteiger partial charge in [-0.25, -0.2) is 18.9 Å². The lowest BCUT2D eigenvalue weighted by atomic mass is 10.2. The second-order valence-electron chi connectivity index (χ2n) is 6.70. The standard InChI is InChI=1S/C19H19FN8S/c1-11-9-12(2)26(24-11)18-22-23-19(29)28(18)21-10-17-13(3)25-27(14(17)4)16-7-5-15(20)6-8-16/h5-10H,1-4H3,(H,23,29)/b21-10+. The SMILES string of the molecule is Cc1cc(C)n(-c2n[nH]c(=S)n2/N=C/c2c(C)nn(-c3ccc(F)cc3)c2C)n1. The van der Waals surface area contributed by atoms with E-state index in [2.05, 4.69) is 25.5 Å². The van der Waals surface area contributed by atoms with Gasteiger partial charge in [0.1, 0.15) is 5.82 Å². The maximum Gasteiger partial charge on any atom is 0.271 e. The van der Waals surface area contributed by atoms with Crippen molar-refractivity contribution >= 4 is 18.4 Å². The molecular weight excluding hydrogens is 391 g/mol. The summed E-state index contributed by atoms with van der Waals surface area (Å²) in [7, 11) is 0. The van der Waals surface area contributed by atoms with Gasteiger partial charge in [0.2, 0.25) is 4.77 Å². The summed E-state index contributed by atoms with van der Waals surface area (Å²) >= 11 is 5.33. The first-order valence-corrected chi connectivity index (χ1v) is 9.33. The highest BCUT2D eigenvalue weighted by Crippen LogP contribution is 2.17. The van der Waals surface area contributed by atoms with Crippen LogP contribution < -0.4 is 0 Å². The Hall–Kier alpha value is -3.40. The van der Waals surface area contributed by atoms with Gasteiger partial charge < -0.3 is 0 Å². The van der Waals surface area contributed by atoms with E-state index < -0.39 is 0 Å². The number of benzene rings is 1. The van der Waals surface area contributed by atoms with Crippen molar-refractivity contribution in [1.29, 1.82) is 0 Å². The van der Waals surface area contributed by atoms with E-state index in [1.165, 1.54) is 16.8 Å². The van der Waals surface area contributed by atoms with Crippen molar-refractivity contribution in [1.82, 2.24) is 34.4 Å². The Labute approximate surface area is 171 Å². The monoisotopic (exact) mass is 410 g/mol. The summed E-state index contributed by atoms with van der Waals surface area (Å²) in [4.78, 5) is 0. The lowest BCUT2D eigenvalue weighted by molar-refractivity contribution is 0.627. The zero-order chi connectivity index (χ0) is 20.7. The number of nitrogens with one attached hydrogen (secondary N) is 1. The minimum Gasteiger partial charge on any atom is -0.248 e. The first-order chi connectivity index (χ1) is 13.8. The Balaban J connectivity index is 1.75. The molecular formula is C19H19FN8S. The van der Waals surface area contributed by atoms with E-state index in [-0.39, 0.29) is 5.82 Å². The van der Waals surface area contributed by atoms with E-state index in [4.69, 9.17) is 12.2 Å². The molecule has 1 aromatic carbocycles. The molecule has 0 aliphatic heterocycles. The number of halogens is 1. The number of rotatable bonds is 4. The van der Waals surface area contributed by atoms with E-state index >= 15 is 0 Å². The lowest BCUT2D eigenvalue weighted by Gasteiger charge is -2.04. The van der Waals surface area contributed by atoms with Crippen LogP contribution in [0.25, 0.3) is 11.6 Å². The van der Waals surface area contributed by atoms with Gasteiger partial charge in [-0.3, -0.25) is 0 Å². The van der Waals surface area contributed by atoms with Crippen LogP contribution in [0.1, 0.15) is 28.3 Å². The molecule has 0 spiro atoms. The van der Waals surface area contributed by atoms with Crippen molar-refractivity contribution in [3.05, 3.63) is 69.3 Å². The topological polar surface area (TPSA) is 81.6 Å².